The van der Waals surface area contributed by atoms with Crippen molar-refractivity contribution < 1.29 is 14.3 Å². The summed E-state index contributed by atoms with van der Waals surface area (Å²) >= 11 is 0. The van der Waals surface area contributed by atoms with Gasteiger partial charge in [0.05, 0.1) is 42.1 Å². The van der Waals surface area contributed by atoms with E-state index < -0.39 is 0 Å². The van der Waals surface area contributed by atoms with E-state index in [1.54, 1.807) is 29.2 Å². The number of carbonyl (C=O) groups is 2. The minimum absolute atomic E-state index is 0.131. The molecule has 3 rings (SSSR count). The zero-order valence-electron chi connectivity index (χ0n) is 11.2. The van der Waals surface area contributed by atoms with Gasteiger partial charge in [-0.3, -0.25) is 9.59 Å². The van der Waals surface area contributed by atoms with Gasteiger partial charge in [0.1, 0.15) is 6.61 Å². The molecule has 2 heterocycles. The molecule has 104 valence electrons. The molecule has 2 aliphatic heterocycles. The van der Waals surface area contributed by atoms with Crippen LogP contribution >= 0.6 is 0 Å². The van der Waals surface area contributed by atoms with E-state index in [4.69, 9.17) is 10.00 Å². The first-order valence-corrected chi connectivity index (χ1v) is 6.53. The zero-order valence-corrected chi connectivity index (χ0v) is 11.2. The first kappa shape index (κ1) is 13.1. The van der Waals surface area contributed by atoms with Crippen LogP contribution < -0.4 is 0 Å². The number of carbonyl (C=O) groups excluding carboxylic acids is 2. The maximum Gasteiger partial charge on any atom is 0.235 e. The number of amides is 1. The molecular formula is C16H12N2O3. The molecule has 0 radical (unpaired) electrons. The third-order valence-corrected chi connectivity index (χ3v) is 3.50. The van der Waals surface area contributed by atoms with E-state index in [0.29, 0.717) is 23.4 Å². The first-order valence-electron chi connectivity index (χ1n) is 6.53. The third-order valence-electron chi connectivity index (χ3n) is 3.50. The molecule has 0 unspecified atom stereocenters. The average molecular weight is 280 g/mol. The van der Waals surface area contributed by atoms with Gasteiger partial charge in [0.2, 0.25) is 5.91 Å². The van der Waals surface area contributed by atoms with Crippen LogP contribution in [0.25, 0.3) is 0 Å². The average Bonchev–Trinajstić information content (AvgIpc) is 2.51. The Labute approximate surface area is 121 Å². The molecule has 1 aromatic carbocycles. The van der Waals surface area contributed by atoms with E-state index in [1.807, 2.05) is 6.07 Å². The van der Waals surface area contributed by atoms with Gasteiger partial charge in [-0.25, -0.2) is 0 Å². The first-order chi connectivity index (χ1) is 10.2. The summed E-state index contributed by atoms with van der Waals surface area (Å²) in [5, 5.41) is 8.93. The lowest BCUT2D eigenvalue weighted by Gasteiger charge is -2.31. The van der Waals surface area contributed by atoms with Crippen LogP contribution in [0.1, 0.15) is 17.5 Å². The Morgan fingerprint density at radius 2 is 2.19 bits per heavy atom. The molecule has 0 aromatic heterocycles. The van der Waals surface area contributed by atoms with Crippen molar-refractivity contribution in [3.8, 4) is 6.07 Å². The SMILES string of the molecule is N#Cc1cccc(CN2C(=O)CC(=O)C3=C2C=COC3)c1. The highest BCUT2D eigenvalue weighted by molar-refractivity contribution is 6.11. The Hall–Kier alpha value is -2.87. The van der Waals surface area contributed by atoms with Crippen LogP contribution in [0.4, 0.5) is 0 Å². The van der Waals surface area contributed by atoms with E-state index in [2.05, 4.69) is 6.07 Å². The van der Waals surface area contributed by atoms with Gasteiger partial charge in [-0.1, -0.05) is 12.1 Å². The van der Waals surface area contributed by atoms with E-state index in [0.717, 1.165) is 5.56 Å². The molecule has 0 atom stereocenters. The number of ketones is 1. The Morgan fingerprint density at radius 1 is 1.33 bits per heavy atom. The largest absolute Gasteiger partial charge is 0.496 e. The van der Waals surface area contributed by atoms with Crippen LogP contribution in [0.5, 0.6) is 0 Å². The number of nitriles is 1. The lowest BCUT2D eigenvalue weighted by molar-refractivity contribution is -0.135. The van der Waals surface area contributed by atoms with E-state index in [-0.39, 0.29) is 24.7 Å². The van der Waals surface area contributed by atoms with Gasteiger partial charge in [-0.15, -0.1) is 0 Å². The predicted octanol–water partition coefficient (Wildman–Crippen LogP) is 1.66. The molecule has 0 fully saturated rings. The maximum atomic E-state index is 12.1. The minimum Gasteiger partial charge on any atom is -0.496 e. The molecule has 1 aromatic rings. The number of ether oxygens (including phenoxy) is 1. The van der Waals surface area contributed by atoms with Gasteiger partial charge in [0, 0.05) is 0 Å². The number of hydrogen-bond acceptors (Lipinski definition) is 4. The summed E-state index contributed by atoms with van der Waals surface area (Å²) in [5.41, 5.74) is 2.53. The second kappa shape index (κ2) is 5.25. The Kier molecular flexibility index (Phi) is 3.28. The summed E-state index contributed by atoms with van der Waals surface area (Å²) in [7, 11) is 0. The number of rotatable bonds is 2. The Balaban J connectivity index is 1.95. The molecule has 0 saturated carbocycles. The fourth-order valence-corrected chi connectivity index (χ4v) is 2.46. The van der Waals surface area contributed by atoms with E-state index in [1.165, 1.54) is 6.26 Å². The van der Waals surface area contributed by atoms with Crippen LogP contribution in [0, 0.1) is 11.3 Å². The summed E-state index contributed by atoms with van der Waals surface area (Å²) in [6, 6.07) is 9.17. The van der Waals surface area contributed by atoms with Crippen molar-refractivity contribution in [1.82, 2.24) is 4.90 Å². The minimum atomic E-state index is -0.229. The summed E-state index contributed by atoms with van der Waals surface area (Å²) < 4.78 is 5.14. The zero-order chi connectivity index (χ0) is 14.8. The lowest BCUT2D eigenvalue weighted by Crippen LogP contribution is -2.38. The van der Waals surface area contributed by atoms with Crippen LogP contribution in [-0.2, 0) is 20.9 Å². The molecule has 0 bridgehead atoms. The van der Waals surface area contributed by atoms with Crippen molar-refractivity contribution >= 4 is 11.7 Å². The molecule has 21 heavy (non-hydrogen) atoms. The summed E-state index contributed by atoms with van der Waals surface area (Å²) in [4.78, 5) is 25.6. The number of allylic oxidation sites excluding steroid dienone is 1. The third kappa shape index (κ3) is 2.43. The standard InChI is InChI=1S/C16H12N2O3/c17-8-11-2-1-3-12(6-11)9-18-14-4-5-21-10-13(14)15(19)7-16(18)20/h1-6H,7,9-10H2. The van der Waals surface area contributed by atoms with Gasteiger partial charge < -0.3 is 9.64 Å². The van der Waals surface area contributed by atoms with Crippen molar-refractivity contribution in [3.63, 3.8) is 0 Å². The van der Waals surface area contributed by atoms with Crippen molar-refractivity contribution in [2.45, 2.75) is 13.0 Å². The second-order valence-electron chi connectivity index (χ2n) is 4.87. The van der Waals surface area contributed by atoms with E-state index >= 15 is 0 Å². The summed E-state index contributed by atoms with van der Waals surface area (Å²) in [6.45, 7) is 0.539. The highest BCUT2D eigenvalue weighted by Crippen LogP contribution is 2.26. The number of nitrogens with zero attached hydrogens (tertiary/aromatic N) is 2. The van der Waals surface area contributed by atoms with Crippen molar-refractivity contribution in [2.75, 3.05) is 6.61 Å². The van der Waals surface area contributed by atoms with Gasteiger partial charge in [0.25, 0.3) is 0 Å². The lowest BCUT2D eigenvalue weighted by atomic mass is 9.98. The highest BCUT2D eigenvalue weighted by Gasteiger charge is 2.32. The number of Topliss-reactive ketones (excluding diaryl/α,β-unsaturated/α-hetero) is 1. The molecule has 0 spiro atoms. The second-order valence-corrected chi connectivity index (χ2v) is 4.87. The van der Waals surface area contributed by atoms with Crippen LogP contribution in [0.15, 0.2) is 47.9 Å². The van der Waals surface area contributed by atoms with Gasteiger partial charge in [0.15, 0.2) is 5.78 Å². The molecule has 0 saturated heterocycles. The maximum absolute atomic E-state index is 12.1. The summed E-state index contributed by atoms with van der Waals surface area (Å²) in [6.07, 6.45) is 3.00. The molecule has 5 nitrogen and oxygen atoms in total. The number of hydrogen-bond donors (Lipinski definition) is 0. The van der Waals surface area contributed by atoms with Gasteiger partial charge >= 0.3 is 0 Å². The van der Waals surface area contributed by atoms with Gasteiger partial charge in [-0.05, 0) is 23.8 Å². The molecule has 5 heteroatoms. The summed E-state index contributed by atoms with van der Waals surface area (Å²) in [5.74, 6) is -0.408. The Morgan fingerprint density at radius 3 is 3.00 bits per heavy atom. The van der Waals surface area contributed by atoms with Crippen LogP contribution in [0.3, 0.4) is 0 Å². The molecule has 0 aliphatic carbocycles. The fourth-order valence-electron chi connectivity index (χ4n) is 2.46. The smallest absolute Gasteiger partial charge is 0.235 e. The van der Waals surface area contributed by atoms with Crippen molar-refractivity contribution in [3.05, 3.63) is 59.0 Å². The monoisotopic (exact) mass is 280 g/mol. The highest BCUT2D eigenvalue weighted by atomic mass is 16.5. The quantitative estimate of drug-likeness (QED) is 0.772. The Bertz CT molecular complexity index is 725. The molecule has 1 amide bonds. The van der Waals surface area contributed by atoms with Crippen molar-refractivity contribution in [2.24, 2.45) is 0 Å². The molecule has 0 N–H and O–H groups in total. The predicted molar refractivity (Wildman–Crippen MR) is 73.4 cm³/mol. The molecule has 2 aliphatic rings. The number of benzene rings is 1. The van der Waals surface area contributed by atoms with Gasteiger partial charge in [-0.2, -0.15) is 5.26 Å². The normalized spacial score (nSPS) is 17.4. The fraction of sp³-hybridized carbons (Fsp3) is 0.188. The van der Waals surface area contributed by atoms with Crippen LogP contribution in [-0.4, -0.2) is 23.2 Å². The van der Waals surface area contributed by atoms with E-state index in [9.17, 15) is 9.59 Å². The van der Waals surface area contributed by atoms with Crippen molar-refractivity contribution in [1.29, 1.82) is 5.26 Å². The topological polar surface area (TPSA) is 70.4 Å². The molecular weight excluding hydrogens is 268 g/mol. The van der Waals surface area contributed by atoms with Crippen LogP contribution in [0.2, 0.25) is 0 Å².